The van der Waals surface area contributed by atoms with Gasteiger partial charge in [0.15, 0.2) is 0 Å². The first kappa shape index (κ1) is 18.6. The summed E-state index contributed by atoms with van der Waals surface area (Å²) in [6.07, 6.45) is 7.04. The fourth-order valence-corrected chi connectivity index (χ4v) is 7.44. The zero-order valence-electron chi connectivity index (χ0n) is 17.9. The molecule has 5 heteroatoms. The maximum atomic E-state index is 15.8. The van der Waals surface area contributed by atoms with Crippen LogP contribution < -0.4 is 0 Å². The monoisotopic (exact) mass is 428 g/mol. The van der Waals surface area contributed by atoms with Crippen molar-refractivity contribution in [1.29, 1.82) is 0 Å². The quantitative estimate of drug-likeness (QED) is 0.550. The lowest BCUT2D eigenvalue weighted by Crippen LogP contribution is -2.78. The fourth-order valence-electron chi connectivity index (χ4n) is 7.44. The molecule has 3 fully saturated rings. The molecule has 162 valence electrons. The molecule has 2 aliphatic heterocycles. The molecule has 3 heterocycles. The zero-order valence-corrected chi connectivity index (χ0v) is 17.9. The molecule has 2 N–H and O–H groups in total. The number of aromatic amines is 1. The van der Waals surface area contributed by atoms with Gasteiger partial charge in [-0.3, -0.25) is 4.90 Å². The second kappa shape index (κ2) is 6.10. The molecule has 3 saturated carbocycles. The highest BCUT2D eigenvalue weighted by atomic mass is 19.1. The minimum Gasteiger partial charge on any atom is -0.478 e. The number of aliphatic carboxylic acids is 1. The molecule has 1 unspecified atom stereocenters. The molecule has 3 atom stereocenters. The van der Waals surface area contributed by atoms with E-state index < -0.39 is 5.97 Å². The van der Waals surface area contributed by atoms with E-state index in [-0.39, 0.29) is 17.4 Å². The first-order valence-electron chi connectivity index (χ1n) is 11.6. The summed E-state index contributed by atoms with van der Waals surface area (Å²) in [4.78, 5) is 17.4. The Balaban J connectivity index is 1.49. The van der Waals surface area contributed by atoms with Crippen LogP contribution in [0.4, 0.5) is 4.39 Å². The molecule has 3 aromatic rings. The molecule has 1 aromatic heterocycles. The number of para-hydroxylation sites is 1. The van der Waals surface area contributed by atoms with Gasteiger partial charge >= 0.3 is 5.97 Å². The van der Waals surface area contributed by atoms with E-state index in [0.717, 1.165) is 41.3 Å². The first-order chi connectivity index (χ1) is 15.5. The Labute approximate surface area is 185 Å². The normalized spacial score (nSPS) is 31.9. The molecule has 4 nitrogen and oxygen atoms in total. The van der Waals surface area contributed by atoms with Crippen LogP contribution in [0.2, 0.25) is 0 Å². The maximum Gasteiger partial charge on any atom is 0.328 e. The van der Waals surface area contributed by atoms with Gasteiger partial charge in [0.2, 0.25) is 0 Å². The van der Waals surface area contributed by atoms with Gasteiger partial charge in [0.1, 0.15) is 5.82 Å². The fraction of sp³-hybridized carbons (Fsp3) is 0.370. The van der Waals surface area contributed by atoms with E-state index in [0.29, 0.717) is 23.4 Å². The van der Waals surface area contributed by atoms with Gasteiger partial charge in [0.25, 0.3) is 0 Å². The number of aromatic nitrogens is 1. The topological polar surface area (TPSA) is 56.3 Å². The van der Waals surface area contributed by atoms with Crippen LogP contribution in [0.25, 0.3) is 17.0 Å². The summed E-state index contributed by atoms with van der Waals surface area (Å²) in [7, 11) is 0. The molecule has 3 aliphatic carbocycles. The average Bonchev–Trinajstić information content (AvgIpc) is 3.08. The van der Waals surface area contributed by atoms with Crippen LogP contribution in [0.5, 0.6) is 0 Å². The van der Waals surface area contributed by atoms with Crippen molar-refractivity contribution in [3.05, 3.63) is 76.2 Å². The van der Waals surface area contributed by atoms with E-state index in [1.165, 1.54) is 35.9 Å². The number of carboxylic acids is 1. The SMILES string of the molecule is CC[C@H]1Cc2c([nH]c3ccccc23)[C@@H]2c3c(F)cc(/C=C/C(=O)O)cc3C3C4CC3(C4)N12. The molecular formula is C27H25FN2O2. The summed E-state index contributed by atoms with van der Waals surface area (Å²) in [5.41, 5.74) is 6.26. The van der Waals surface area contributed by atoms with Crippen LogP contribution in [0.3, 0.4) is 0 Å². The number of halogens is 1. The van der Waals surface area contributed by atoms with Gasteiger partial charge in [-0.25, -0.2) is 9.18 Å². The van der Waals surface area contributed by atoms with Gasteiger partial charge in [-0.1, -0.05) is 31.2 Å². The molecule has 1 spiro atoms. The van der Waals surface area contributed by atoms with Crippen LogP contribution in [0.1, 0.15) is 66.1 Å². The van der Waals surface area contributed by atoms with Crippen molar-refractivity contribution in [3.63, 3.8) is 0 Å². The summed E-state index contributed by atoms with van der Waals surface area (Å²) >= 11 is 0. The lowest BCUT2D eigenvalue weighted by atomic mass is 9.37. The van der Waals surface area contributed by atoms with Crippen LogP contribution >= 0.6 is 0 Å². The Morgan fingerprint density at radius 1 is 1.31 bits per heavy atom. The summed E-state index contributed by atoms with van der Waals surface area (Å²) < 4.78 is 15.8. The molecule has 2 bridgehead atoms. The summed E-state index contributed by atoms with van der Waals surface area (Å²) in [6, 6.07) is 12.3. The van der Waals surface area contributed by atoms with E-state index >= 15 is 4.39 Å². The maximum absolute atomic E-state index is 15.8. The Kier molecular flexibility index (Phi) is 3.55. The number of hydrogen-bond acceptors (Lipinski definition) is 2. The third kappa shape index (κ3) is 2.13. The number of nitrogens with one attached hydrogen (secondary N) is 1. The Bertz CT molecular complexity index is 1330. The predicted molar refractivity (Wildman–Crippen MR) is 121 cm³/mol. The van der Waals surface area contributed by atoms with Crippen molar-refractivity contribution < 1.29 is 14.3 Å². The summed E-state index contributed by atoms with van der Waals surface area (Å²) in [6.45, 7) is 2.26. The van der Waals surface area contributed by atoms with Crippen molar-refractivity contribution >= 4 is 22.9 Å². The number of benzene rings is 2. The van der Waals surface area contributed by atoms with Crippen molar-refractivity contribution in [2.24, 2.45) is 5.92 Å². The van der Waals surface area contributed by atoms with Crippen LogP contribution in [0.15, 0.2) is 42.5 Å². The van der Waals surface area contributed by atoms with Gasteiger partial charge < -0.3 is 10.1 Å². The number of H-pyrrole nitrogens is 1. The Morgan fingerprint density at radius 2 is 2.12 bits per heavy atom. The standard InChI is InChI=1S/C27H25FN2O2/c1-2-16-11-18-17-5-3-4-6-21(17)29-25(18)26-23-19(24-15-12-27(24,13-15)30(16)26)9-14(10-20(23)28)7-8-22(31)32/h3-10,15-16,24,26,29H,2,11-13H2,1H3,(H,31,32)/b8-7+/t15?,16-,24?,26-,27?/m0/s1. The molecule has 2 aromatic carbocycles. The average molecular weight is 429 g/mol. The van der Waals surface area contributed by atoms with Crippen LogP contribution in [-0.2, 0) is 11.2 Å². The van der Waals surface area contributed by atoms with Crippen LogP contribution in [-0.4, -0.2) is 32.5 Å². The zero-order chi connectivity index (χ0) is 21.8. The summed E-state index contributed by atoms with van der Waals surface area (Å²) in [5, 5.41) is 10.3. The van der Waals surface area contributed by atoms with Gasteiger partial charge in [-0.05, 0) is 66.5 Å². The van der Waals surface area contributed by atoms with E-state index in [1.807, 2.05) is 6.07 Å². The molecule has 0 saturated heterocycles. The van der Waals surface area contributed by atoms with Crippen LogP contribution in [0, 0.1) is 11.7 Å². The minimum absolute atomic E-state index is 0.110. The second-order valence-electron chi connectivity index (χ2n) is 10.1. The third-order valence-corrected chi connectivity index (χ3v) is 8.71. The van der Waals surface area contributed by atoms with Crippen molar-refractivity contribution in [2.45, 2.75) is 56.1 Å². The van der Waals surface area contributed by atoms with Gasteiger partial charge in [-0.2, -0.15) is 0 Å². The van der Waals surface area contributed by atoms with E-state index in [2.05, 4.69) is 41.1 Å². The molecule has 0 radical (unpaired) electrons. The van der Waals surface area contributed by atoms with Gasteiger partial charge in [-0.15, -0.1) is 0 Å². The number of hydrogen-bond donors (Lipinski definition) is 2. The van der Waals surface area contributed by atoms with Crippen molar-refractivity contribution in [2.75, 3.05) is 0 Å². The number of rotatable bonds is 3. The smallest absolute Gasteiger partial charge is 0.328 e. The first-order valence-corrected chi connectivity index (χ1v) is 11.6. The van der Waals surface area contributed by atoms with Crippen molar-refractivity contribution in [3.8, 4) is 0 Å². The largest absolute Gasteiger partial charge is 0.478 e. The minimum atomic E-state index is -1.02. The van der Waals surface area contributed by atoms with Gasteiger partial charge in [0, 0.05) is 45.7 Å². The third-order valence-electron chi connectivity index (χ3n) is 8.71. The lowest BCUT2D eigenvalue weighted by Gasteiger charge is -2.77. The lowest BCUT2D eigenvalue weighted by molar-refractivity contribution is -0.211. The highest BCUT2D eigenvalue weighted by Crippen LogP contribution is 2.75. The Morgan fingerprint density at radius 3 is 2.84 bits per heavy atom. The summed E-state index contributed by atoms with van der Waals surface area (Å²) in [5.74, 6) is -0.251. The Hall–Kier alpha value is -2.92. The predicted octanol–water partition coefficient (Wildman–Crippen LogP) is 5.39. The molecule has 8 rings (SSSR count). The van der Waals surface area contributed by atoms with Crippen molar-refractivity contribution in [1.82, 2.24) is 9.88 Å². The number of fused-ring (bicyclic) bond motifs is 7. The highest BCUT2D eigenvalue weighted by molar-refractivity contribution is 5.86. The van der Waals surface area contributed by atoms with E-state index in [4.69, 9.17) is 5.11 Å². The number of nitrogens with zero attached hydrogens (tertiary/aromatic N) is 1. The molecule has 5 aliphatic rings. The molecule has 32 heavy (non-hydrogen) atoms. The van der Waals surface area contributed by atoms with E-state index in [9.17, 15) is 4.79 Å². The van der Waals surface area contributed by atoms with E-state index in [1.54, 1.807) is 0 Å². The van der Waals surface area contributed by atoms with Gasteiger partial charge in [0.05, 0.1) is 6.04 Å². The highest BCUT2D eigenvalue weighted by Gasteiger charge is 2.73. The number of carboxylic acid groups (broad SMARTS) is 1. The molecule has 0 amide bonds. The number of carbonyl (C=O) groups is 1. The molecular weight excluding hydrogens is 403 g/mol. The second-order valence-corrected chi connectivity index (χ2v) is 10.1.